The van der Waals surface area contributed by atoms with Crippen LogP contribution in [-0.2, 0) is 30.8 Å². The zero-order chi connectivity index (χ0) is 24.0. The van der Waals surface area contributed by atoms with E-state index in [1.807, 2.05) is 13.0 Å². The SMILES string of the molecule is Cc1ccc(S(=O)(=O)N[C@H](Cc2ccccc2)C(=O)CCC(=O)N2CCC[C@H]2C(=O)O)cc1. The number of carbonyl (C=O) groups excluding carboxylic acids is 2. The Bertz CT molecular complexity index is 1100. The van der Waals surface area contributed by atoms with Crippen molar-refractivity contribution in [2.24, 2.45) is 0 Å². The number of nitrogens with zero attached hydrogens (tertiary/aromatic N) is 1. The van der Waals surface area contributed by atoms with Crippen LogP contribution in [0.2, 0.25) is 0 Å². The van der Waals surface area contributed by atoms with Gasteiger partial charge in [-0.25, -0.2) is 17.9 Å². The van der Waals surface area contributed by atoms with Gasteiger partial charge in [0.25, 0.3) is 0 Å². The zero-order valence-corrected chi connectivity index (χ0v) is 19.3. The lowest BCUT2D eigenvalue weighted by molar-refractivity contribution is -0.148. The maximum Gasteiger partial charge on any atom is 0.326 e. The highest BCUT2D eigenvalue weighted by molar-refractivity contribution is 7.89. The van der Waals surface area contributed by atoms with E-state index in [0.29, 0.717) is 19.4 Å². The number of ketones is 1. The van der Waals surface area contributed by atoms with Crippen molar-refractivity contribution in [1.29, 1.82) is 0 Å². The van der Waals surface area contributed by atoms with Crippen molar-refractivity contribution in [2.75, 3.05) is 6.54 Å². The van der Waals surface area contributed by atoms with E-state index in [1.165, 1.54) is 17.0 Å². The molecule has 3 rings (SSSR count). The predicted octanol–water partition coefficient (Wildman–Crippen LogP) is 2.31. The van der Waals surface area contributed by atoms with Crippen LogP contribution in [-0.4, -0.2) is 54.7 Å². The van der Waals surface area contributed by atoms with Crippen LogP contribution < -0.4 is 4.72 Å². The summed E-state index contributed by atoms with van der Waals surface area (Å²) in [5.74, 6) is -1.89. The number of carboxylic acid groups (broad SMARTS) is 1. The zero-order valence-electron chi connectivity index (χ0n) is 18.4. The summed E-state index contributed by atoms with van der Waals surface area (Å²) >= 11 is 0. The number of carboxylic acids is 1. The molecule has 2 aromatic carbocycles. The molecule has 2 N–H and O–H groups in total. The Morgan fingerprint density at radius 2 is 1.73 bits per heavy atom. The predicted molar refractivity (Wildman–Crippen MR) is 122 cm³/mol. The molecule has 0 aliphatic carbocycles. The summed E-state index contributed by atoms with van der Waals surface area (Å²) in [6.07, 6.45) is 0.780. The number of likely N-dealkylation sites (tertiary alicyclic amines) is 1. The number of hydrogen-bond acceptors (Lipinski definition) is 5. The molecule has 1 aliphatic heterocycles. The third kappa shape index (κ3) is 6.49. The van der Waals surface area contributed by atoms with Crippen LogP contribution >= 0.6 is 0 Å². The Balaban J connectivity index is 1.73. The van der Waals surface area contributed by atoms with Gasteiger partial charge in [0.15, 0.2) is 5.78 Å². The first kappa shape index (κ1) is 24.6. The minimum Gasteiger partial charge on any atom is -0.480 e. The Labute approximate surface area is 193 Å². The standard InChI is InChI=1S/C24H28N2O6S/c1-17-9-11-19(12-10-17)33(31,32)25-20(16-18-6-3-2-4-7-18)22(27)13-14-23(28)26-15-5-8-21(26)24(29)30/h2-4,6-7,9-12,20-21,25H,5,8,13-16H2,1H3,(H,29,30)/t20-,21+/m1/s1. The second kappa shape index (κ2) is 10.7. The van der Waals surface area contributed by atoms with Gasteiger partial charge in [-0.1, -0.05) is 48.0 Å². The van der Waals surface area contributed by atoms with Crippen LogP contribution in [0.3, 0.4) is 0 Å². The highest BCUT2D eigenvalue weighted by Crippen LogP contribution is 2.20. The highest BCUT2D eigenvalue weighted by atomic mass is 32.2. The molecule has 1 heterocycles. The topological polar surface area (TPSA) is 121 Å². The van der Waals surface area contributed by atoms with Crippen LogP contribution in [0.25, 0.3) is 0 Å². The summed E-state index contributed by atoms with van der Waals surface area (Å²) in [4.78, 5) is 38.3. The molecule has 33 heavy (non-hydrogen) atoms. The quantitative estimate of drug-likeness (QED) is 0.547. The first-order valence-corrected chi connectivity index (χ1v) is 12.3. The highest BCUT2D eigenvalue weighted by Gasteiger charge is 2.34. The van der Waals surface area contributed by atoms with Crippen molar-refractivity contribution in [3.05, 3.63) is 65.7 Å². The van der Waals surface area contributed by atoms with Crippen molar-refractivity contribution in [3.8, 4) is 0 Å². The monoisotopic (exact) mass is 472 g/mol. The molecule has 0 saturated carbocycles. The van der Waals surface area contributed by atoms with Gasteiger partial charge in [0.2, 0.25) is 15.9 Å². The van der Waals surface area contributed by atoms with E-state index in [9.17, 15) is 27.9 Å². The van der Waals surface area contributed by atoms with Gasteiger partial charge in [-0.15, -0.1) is 0 Å². The molecule has 0 spiro atoms. The Hall–Kier alpha value is -3.04. The number of sulfonamides is 1. The summed E-state index contributed by atoms with van der Waals surface area (Å²) in [6.45, 7) is 2.19. The summed E-state index contributed by atoms with van der Waals surface area (Å²) in [5.41, 5.74) is 1.69. The van der Waals surface area contributed by atoms with Crippen molar-refractivity contribution in [1.82, 2.24) is 9.62 Å². The molecular formula is C24H28N2O6S. The normalized spacial score (nSPS) is 17.0. The van der Waals surface area contributed by atoms with Gasteiger partial charge in [-0.3, -0.25) is 9.59 Å². The average Bonchev–Trinajstić information content (AvgIpc) is 3.28. The molecular weight excluding hydrogens is 444 g/mol. The summed E-state index contributed by atoms with van der Waals surface area (Å²) < 4.78 is 28.3. The van der Waals surface area contributed by atoms with E-state index < -0.39 is 39.8 Å². The van der Waals surface area contributed by atoms with Gasteiger partial charge in [0.1, 0.15) is 6.04 Å². The van der Waals surface area contributed by atoms with Crippen LogP contribution in [0.4, 0.5) is 0 Å². The number of amides is 1. The minimum absolute atomic E-state index is 0.0522. The van der Waals surface area contributed by atoms with E-state index in [2.05, 4.69) is 4.72 Å². The number of aryl methyl sites for hydroxylation is 1. The second-order valence-corrected chi connectivity index (χ2v) is 9.94. The molecule has 176 valence electrons. The number of aliphatic carboxylic acids is 1. The number of hydrogen-bond donors (Lipinski definition) is 2. The van der Waals surface area contributed by atoms with E-state index in [-0.39, 0.29) is 24.2 Å². The van der Waals surface area contributed by atoms with Crippen LogP contribution in [0.5, 0.6) is 0 Å². The third-order valence-electron chi connectivity index (χ3n) is 5.74. The van der Waals surface area contributed by atoms with E-state index >= 15 is 0 Å². The largest absolute Gasteiger partial charge is 0.480 e. The molecule has 2 aromatic rings. The minimum atomic E-state index is -3.96. The van der Waals surface area contributed by atoms with Crippen LogP contribution in [0, 0.1) is 6.92 Å². The van der Waals surface area contributed by atoms with E-state index in [1.54, 1.807) is 36.4 Å². The van der Waals surface area contributed by atoms with Gasteiger partial charge < -0.3 is 10.0 Å². The number of benzene rings is 2. The summed E-state index contributed by atoms with van der Waals surface area (Å²) in [5, 5.41) is 9.28. The first-order valence-electron chi connectivity index (χ1n) is 10.9. The molecule has 1 aliphatic rings. The molecule has 1 fully saturated rings. The molecule has 0 aromatic heterocycles. The number of nitrogens with one attached hydrogen (secondary N) is 1. The van der Waals surface area contributed by atoms with Gasteiger partial charge >= 0.3 is 5.97 Å². The van der Waals surface area contributed by atoms with Crippen LogP contribution in [0.1, 0.15) is 36.8 Å². The van der Waals surface area contributed by atoms with Crippen molar-refractivity contribution in [3.63, 3.8) is 0 Å². The lowest BCUT2D eigenvalue weighted by Crippen LogP contribution is -2.43. The molecule has 2 atom stereocenters. The fraction of sp³-hybridized carbons (Fsp3) is 0.375. The number of rotatable bonds is 10. The molecule has 1 saturated heterocycles. The smallest absolute Gasteiger partial charge is 0.326 e. The van der Waals surface area contributed by atoms with Gasteiger partial charge in [-0.05, 0) is 43.9 Å². The first-order chi connectivity index (χ1) is 15.7. The maximum atomic E-state index is 13.0. The van der Waals surface area contributed by atoms with Gasteiger partial charge in [0, 0.05) is 19.4 Å². The lowest BCUT2D eigenvalue weighted by Gasteiger charge is -2.22. The number of Topliss-reactive ketones (excluding diaryl/α,β-unsaturated/α-hetero) is 1. The van der Waals surface area contributed by atoms with Gasteiger partial charge in [0.05, 0.1) is 10.9 Å². The maximum absolute atomic E-state index is 13.0. The molecule has 8 nitrogen and oxygen atoms in total. The molecule has 0 unspecified atom stereocenters. The molecule has 0 bridgehead atoms. The summed E-state index contributed by atoms with van der Waals surface area (Å²) in [7, 11) is -3.96. The number of carbonyl (C=O) groups is 3. The molecule has 9 heteroatoms. The lowest BCUT2D eigenvalue weighted by atomic mass is 10.0. The van der Waals surface area contributed by atoms with Crippen LogP contribution in [0.15, 0.2) is 59.5 Å². The fourth-order valence-corrected chi connectivity index (χ4v) is 5.13. The van der Waals surface area contributed by atoms with E-state index in [4.69, 9.17) is 0 Å². The fourth-order valence-electron chi connectivity index (χ4n) is 3.91. The Morgan fingerprint density at radius 3 is 2.36 bits per heavy atom. The van der Waals surface area contributed by atoms with E-state index in [0.717, 1.165) is 11.1 Å². The van der Waals surface area contributed by atoms with Crippen molar-refractivity contribution >= 4 is 27.7 Å². The van der Waals surface area contributed by atoms with Gasteiger partial charge in [-0.2, -0.15) is 0 Å². The molecule has 0 radical (unpaired) electrons. The van der Waals surface area contributed by atoms with Crippen molar-refractivity contribution < 1.29 is 27.9 Å². The van der Waals surface area contributed by atoms with Crippen molar-refractivity contribution in [2.45, 2.75) is 56.0 Å². The Kier molecular flexibility index (Phi) is 7.99. The molecule has 1 amide bonds. The Morgan fingerprint density at radius 1 is 1.06 bits per heavy atom. The third-order valence-corrected chi connectivity index (χ3v) is 7.23. The summed E-state index contributed by atoms with van der Waals surface area (Å²) in [6, 6.07) is 13.4. The average molecular weight is 473 g/mol. The second-order valence-electron chi connectivity index (χ2n) is 8.23.